The Morgan fingerprint density at radius 3 is 2.29 bits per heavy atom. The van der Waals surface area contributed by atoms with E-state index in [1.807, 2.05) is 49.4 Å². The van der Waals surface area contributed by atoms with Crippen LogP contribution in [-0.4, -0.2) is 35.9 Å². The monoisotopic (exact) mass is 562 g/mol. The van der Waals surface area contributed by atoms with Crippen molar-refractivity contribution in [2.24, 2.45) is 0 Å². The van der Waals surface area contributed by atoms with Crippen LogP contribution < -0.4 is 10.1 Å². The minimum absolute atomic E-state index is 0.221. The molecule has 1 N–H and O–H groups in total. The van der Waals surface area contributed by atoms with E-state index in [-0.39, 0.29) is 25.0 Å². The lowest BCUT2D eigenvalue weighted by Gasteiger charge is -2.31. The first-order valence-corrected chi connectivity index (χ1v) is 12.4. The summed E-state index contributed by atoms with van der Waals surface area (Å²) in [6.07, 6.45) is 0.372. The van der Waals surface area contributed by atoms with Crippen molar-refractivity contribution in [3.63, 3.8) is 0 Å². The lowest BCUT2D eigenvalue weighted by atomic mass is 10.0. The van der Waals surface area contributed by atoms with Crippen molar-refractivity contribution in [1.29, 1.82) is 0 Å². The summed E-state index contributed by atoms with van der Waals surface area (Å²) < 4.78 is 6.42. The van der Waals surface area contributed by atoms with E-state index in [2.05, 4.69) is 21.2 Å². The molecule has 3 rings (SSSR count). The third-order valence-corrected chi connectivity index (χ3v) is 6.24. The molecule has 178 valence electrons. The molecule has 0 saturated heterocycles. The van der Waals surface area contributed by atoms with E-state index in [0.29, 0.717) is 33.2 Å². The average Bonchev–Trinajstić information content (AvgIpc) is 2.82. The smallest absolute Gasteiger partial charge is 0.261 e. The van der Waals surface area contributed by atoms with Gasteiger partial charge in [-0.25, -0.2) is 0 Å². The van der Waals surface area contributed by atoms with Crippen molar-refractivity contribution in [2.75, 3.05) is 13.2 Å². The SMILES string of the molecule is CCNC(=O)[C@H](Cc1ccccc1)N(Cc1ccc(Cl)cc1)C(=O)COc1ccc(Cl)cc1Br. The third kappa shape index (κ3) is 7.49. The van der Waals surface area contributed by atoms with Crippen LogP contribution >= 0.6 is 39.1 Å². The number of likely N-dealkylation sites (N-methyl/N-ethyl adjacent to an activating group) is 1. The number of ether oxygens (including phenoxy) is 1. The molecule has 0 aliphatic heterocycles. The summed E-state index contributed by atoms with van der Waals surface area (Å²) in [6, 6.07) is 21.2. The van der Waals surface area contributed by atoms with Gasteiger partial charge in [-0.05, 0) is 64.3 Å². The molecule has 0 bridgehead atoms. The second-order valence-electron chi connectivity index (χ2n) is 7.61. The summed E-state index contributed by atoms with van der Waals surface area (Å²) >= 11 is 15.4. The number of nitrogens with one attached hydrogen (secondary N) is 1. The summed E-state index contributed by atoms with van der Waals surface area (Å²) in [5.41, 5.74) is 1.81. The Hall–Kier alpha value is -2.54. The molecule has 3 aromatic rings. The first-order chi connectivity index (χ1) is 16.4. The molecule has 2 amide bonds. The fourth-order valence-electron chi connectivity index (χ4n) is 3.45. The molecule has 0 saturated carbocycles. The molecule has 0 unspecified atom stereocenters. The molecular weight excluding hydrogens is 539 g/mol. The minimum atomic E-state index is -0.720. The Balaban J connectivity index is 1.89. The molecule has 0 aromatic heterocycles. The van der Waals surface area contributed by atoms with Gasteiger partial charge in [-0.1, -0.05) is 65.7 Å². The number of carbonyl (C=O) groups excluding carboxylic acids is 2. The molecule has 0 radical (unpaired) electrons. The standard InChI is InChI=1S/C26H25BrCl2N2O3/c1-2-30-26(33)23(14-18-6-4-3-5-7-18)31(16-19-8-10-20(28)11-9-19)25(32)17-34-24-13-12-21(29)15-22(24)27/h3-13,15,23H,2,14,16-17H2,1H3,(H,30,33)/t23-/m0/s1. The number of carbonyl (C=O) groups is 2. The second kappa shape index (κ2) is 12.8. The van der Waals surface area contributed by atoms with Crippen LogP contribution in [0.2, 0.25) is 10.0 Å². The van der Waals surface area contributed by atoms with Crippen LogP contribution in [0.4, 0.5) is 0 Å². The van der Waals surface area contributed by atoms with Gasteiger partial charge < -0.3 is 15.0 Å². The fraction of sp³-hybridized carbons (Fsp3) is 0.231. The Bertz CT molecular complexity index is 1110. The number of rotatable bonds is 10. The molecule has 0 heterocycles. The van der Waals surface area contributed by atoms with Crippen LogP contribution in [0.25, 0.3) is 0 Å². The van der Waals surface area contributed by atoms with E-state index < -0.39 is 6.04 Å². The van der Waals surface area contributed by atoms with Gasteiger partial charge in [-0.15, -0.1) is 0 Å². The summed E-state index contributed by atoms with van der Waals surface area (Å²) in [7, 11) is 0. The van der Waals surface area contributed by atoms with Crippen molar-refractivity contribution in [3.8, 4) is 5.75 Å². The van der Waals surface area contributed by atoms with E-state index in [1.165, 1.54) is 0 Å². The highest BCUT2D eigenvalue weighted by atomic mass is 79.9. The molecule has 8 heteroatoms. The molecule has 1 atom stereocenters. The Labute approximate surface area is 218 Å². The number of hydrogen-bond acceptors (Lipinski definition) is 3. The highest BCUT2D eigenvalue weighted by molar-refractivity contribution is 9.10. The predicted molar refractivity (Wildman–Crippen MR) is 139 cm³/mol. The van der Waals surface area contributed by atoms with Gasteiger partial charge in [-0.3, -0.25) is 9.59 Å². The Morgan fingerprint density at radius 1 is 0.971 bits per heavy atom. The lowest BCUT2D eigenvalue weighted by molar-refractivity contribution is -0.142. The second-order valence-corrected chi connectivity index (χ2v) is 9.34. The zero-order valence-electron chi connectivity index (χ0n) is 18.6. The van der Waals surface area contributed by atoms with Crippen LogP contribution in [0.1, 0.15) is 18.1 Å². The molecule has 34 heavy (non-hydrogen) atoms. The van der Waals surface area contributed by atoms with Gasteiger partial charge >= 0.3 is 0 Å². The van der Waals surface area contributed by atoms with E-state index >= 15 is 0 Å². The van der Waals surface area contributed by atoms with Gasteiger partial charge in [0.1, 0.15) is 11.8 Å². The van der Waals surface area contributed by atoms with Crippen LogP contribution in [0, 0.1) is 0 Å². The average molecular weight is 564 g/mol. The molecule has 5 nitrogen and oxygen atoms in total. The largest absolute Gasteiger partial charge is 0.483 e. The van der Waals surface area contributed by atoms with Gasteiger partial charge in [0, 0.05) is 29.6 Å². The highest BCUT2D eigenvalue weighted by Crippen LogP contribution is 2.28. The van der Waals surface area contributed by atoms with Crippen molar-refractivity contribution < 1.29 is 14.3 Å². The number of halogens is 3. The maximum absolute atomic E-state index is 13.5. The predicted octanol–water partition coefficient (Wildman–Crippen LogP) is 5.91. The molecule has 0 fully saturated rings. The third-order valence-electron chi connectivity index (χ3n) is 5.13. The first-order valence-electron chi connectivity index (χ1n) is 10.8. The van der Waals surface area contributed by atoms with Gasteiger partial charge in [0.05, 0.1) is 4.47 Å². The molecule has 0 aliphatic rings. The summed E-state index contributed by atoms with van der Waals surface area (Å²) in [5, 5.41) is 4.02. The van der Waals surface area contributed by atoms with Gasteiger partial charge in [0.25, 0.3) is 5.91 Å². The van der Waals surface area contributed by atoms with Gasteiger partial charge in [0.2, 0.25) is 5.91 Å². The topological polar surface area (TPSA) is 58.6 Å². The maximum atomic E-state index is 13.5. The van der Waals surface area contributed by atoms with E-state index in [9.17, 15) is 9.59 Å². The van der Waals surface area contributed by atoms with Gasteiger partial charge in [0.15, 0.2) is 6.61 Å². The number of amides is 2. The van der Waals surface area contributed by atoms with Crippen LogP contribution in [-0.2, 0) is 22.6 Å². The molecule has 0 spiro atoms. The maximum Gasteiger partial charge on any atom is 0.261 e. The van der Waals surface area contributed by atoms with Crippen LogP contribution in [0.3, 0.4) is 0 Å². The van der Waals surface area contributed by atoms with Crippen molar-refractivity contribution in [1.82, 2.24) is 10.2 Å². The zero-order chi connectivity index (χ0) is 24.5. The fourth-order valence-corrected chi connectivity index (χ4v) is 4.37. The van der Waals surface area contributed by atoms with Crippen molar-refractivity contribution in [3.05, 3.63) is 98.4 Å². The van der Waals surface area contributed by atoms with Gasteiger partial charge in [-0.2, -0.15) is 0 Å². The molecular formula is C26H25BrCl2N2O3. The summed E-state index contributed by atoms with van der Waals surface area (Å²) in [4.78, 5) is 28.1. The first kappa shape index (κ1) is 26.1. The molecule has 0 aliphatic carbocycles. The van der Waals surface area contributed by atoms with E-state index in [1.54, 1.807) is 35.2 Å². The molecule has 3 aromatic carbocycles. The Morgan fingerprint density at radius 2 is 1.65 bits per heavy atom. The van der Waals surface area contributed by atoms with E-state index in [4.69, 9.17) is 27.9 Å². The Kier molecular flexibility index (Phi) is 9.81. The number of nitrogens with zero attached hydrogens (tertiary/aromatic N) is 1. The van der Waals surface area contributed by atoms with Crippen LogP contribution in [0.15, 0.2) is 77.3 Å². The summed E-state index contributed by atoms with van der Waals surface area (Å²) in [5.74, 6) is -0.0489. The number of benzene rings is 3. The van der Waals surface area contributed by atoms with Crippen molar-refractivity contribution in [2.45, 2.75) is 25.9 Å². The quantitative estimate of drug-likeness (QED) is 0.333. The van der Waals surface area contributed by atoms with E-state index in [0.717, 1.165) is 11.1 Å². The lowest BCUT2D eigenvalue weighted by Crippen LogP contribution is -2.51. The highest BCUT2D eigenvalue weighted by Gasteiger charge is 2.30. The van der Waals surface area contributed by atoms with Crippen LogP contribution in [0.5, 0.6) is 5.75 Å². The summed E-state index contributed by atoms with van der Waals surface area (Å²) in [6.45, 7) is 2.31. The van der Waals surface area contributed by atoms with Crippen molar-refractivity contribution >= 4 is 50.9 Å². The normalized spacial score (nSPS) is 11.5. The minimum Gasteiger partial charge on any atom is -0.483 e. The number of hydrogen-bond donors (Lipinski definition) is 1. The zero-order valence-corrected chi connectivity index (χ0v) is 21.7.